The normalized spacial score (nSPS) is 17.2. The summed E-state index contributed by atoms with van der Waals surface area (Å²) < 4.78 is 10.6. The van der Waals surface area contributed by atoms with E-state index in [4.69, 9.17) is 9.15 Å². The van der Waals surface area contributed by atoms with Gasteiger partial charge in [-0.15, -0.1) is 0 Å². The Bertz CT molecular complexity index is 673. The van der Waals surface area contributed by atoms with Crippen molar-refractivity contribution < 1.29 is 13.9 Å². The molecule has 0 spiro atoms. The molecule has 1 atom stereocenters. The molecule has 1 aliphatic heterocycles. The van der Waals surface area contributed by atoms with Gasteiger partial charge in [0, 0.05) is 12.2 Å². The highest BCUT2D eigenvalue weighted by molar-refractivity contribution is 5.81. The zero-order valence-electron chi connectivity index (χ0n) is 13.1. The van der Waals surface area contributed by atoms with E-state index in [0.29, 0.717) is 12.4 Å². The Morgan fingerprint density at radius 3 is 2.86 bits per heavy atom. The van der Waals surface area contributed by atoms with E-state index in [1.54, 1.807) is 0 Å². The smallest absolute Gasteiger partial charge is 0.313 e. The molecule has 3 rings (SSSR count). The lowest BCUT2D eigenvalue weighted by atomic mass is 9.90. The van der Waals surface area contributed by atoms with Crippen molar-refractivity contribution in [2.45, 2.75) is 32.7 Å². The largest absolute Gasteiger partial charge is 0.469 e. The first-order valence-corrected chi connectivity index (χ1v) is 7.44. The highest BCUT2D eigenvalue weighted by Gasteiger charge is 2.31. The standard InChI is InChI=1S/C17H20N2O3/c1-11-12(2)22-16(18-11)10-19-9-8-14(17(20)21-3)13-6-4-5-7-15(13)19/h4-7,14H,8-10H2,1-3H3/t14-/m0/s1. The minimum absolute atomic E-state index is 0.171. The van der Waals surface area contributed by atoms with E-state index in [0.717, 1.165) is 35.7 Å². The number of nitrogens with zero attached hydrogens (tertiary/aromatic N) is 2. The number of fused-ring (bicyclic) bond motifs is 1. The lowest BCUT2D eigenvalue weighted by molar-refractivity contribution is -0.142. The summed E-state index contributed by atoms with van der Waals surface area (Å²) in [6, 6.07) is 7.97. The second-order valence-electron chi connectivity index (χ2n) is 5.59. The summed E-state index contributed by atoms with van der Waals surface area (Å²) in [5.74, 6) is 1.20. The Kier molecular flexibility index (Phi) is 3.88. The van der Waals surface area contributed by atoms with Crippen LogP contribution in [0.3, 0.4) is 0 Å². The maximum atomic E-state index is 12.0. The van der Waals surface area contributed by atoms with E-state index in [9.17, 15) is 4.79 Å². The number of aryl methyl sites for hydroxylation is 2. The number of esters is 1. The van der Waals surface area contributed by atoms with Gasteiger partial charge in [-0.05, 0) is 31.9 Å². The van der Waals surface area contributed by atoms with Gasteiger partial charge in [0.1, 0.15) is 5.76 Å². The topological polar surface area (TPSA) is 55.6 Å². The lowest BCUT2D eigenvalue weighted by Crippen LogP contribution is -2.33. The summed E-state index contributed by atoms with van der Waals surface area (Å²) in [6.45, 7) is 5.25. The highest BCUT2D eigenvalue weighted by atomic mass is 16.5. The van der Waals surface area contributed by atoms with Crippen LogP contribution in [0.1, 0.15) is 35.2 Å². The Labute approximate surface area is 129 Å². The first-order valence-electron chi connectivity index (χ1n) is 7.44. The third-order valence-corrected chi connectivity index (χ3v) is 4.23. The van der Waals surface area contributed by atoms with Crippen LogP contribution in [0.5, 0.6) is 0 Å². The molecule has 22 heavy (non-hydrogen) atoms. The number of para-hydroxylation sites is 1. The number of carbonyl (C=O) groups is 1. The number of oxazole rings is 1. The van der Waals surface area contributed by atoms with Gasteiger partial charge in [-0.3, -0.25) is 4.79 Å². The zero-order chi connectivity index (χ0) is 15.7. The molecule has 116 valence electrons. The average molecular weight is 300 g/mol. The molecule has 0 unspecified atom stereocenters. The van der Waals surface area contributed by atoms with Gasteiger partial charge in [-0.1, -0.05) is 18.2 Å². The number of rotatable bonds is 3. The van der Waals surface area contributed by atoms with Crippen molar-refractivity contribution in [2.24, 2.45) is 0 Å². The quantitative estimate of drug-likeness (QED) is 0.816. The number of methoxy groups -OCH3 is 1. The molecule has 2 aromatic rings. The molecule has 5 nitrogen and oxygen atoms in total. The second-order valence-corrected chi connectivity index (χ2v) is 5.59. The number of hydrogen-bond donors (Lipinski definition) is 0. The highest BCUT2D eigenvalue weighted by Crippen LogP contribution is 2.36. The van der Waals surface area contributed by atoms with Gasteiger partial charge in [0.2, 0.25) is 5.89 Å². The van der Waals surface area contributed by atoms with Gasteiger partial charge in [0.25, 0.3) is 0 Å². The SMILES string of the molecule is COC(=O)[C@H]1CCN(Cc2nc(C)c(C)o2)c2ccccc21. The molecule has 1 aliphatic rings. The second kappa shape index (κ2) is 5.83. The molecule has 0 saturated heterocycles. The third kappa shape index (κ3) is 2.58. The molecular weight excluding hydrogens is 280 g/mol. The summed E-state index contributed by atoms with van der Waals surface area (Å²) in [5, 5.41) is 0. The van der Waals surface area contributed by atoms with Crippen LogP contribution in [-0.4, -0.2) is 24.6 Å². The van der Waals surface area contributed by atoms with Crippen molar-refractivity contribution >= 4 is 11.7 Å². The monoisotopic (exact) mass is 300 g/mol. The van der Waals surface area contributed by atoms with Gasteiger partial charge in [-0.25, -0.2) is 4.98 Å². The number of anilines is 1. The third-order valence-electron chi connectivity index (χ3n) is 4.23. The molecule has 2 heterocycles. The summed E-state index contributed by atoms with van der Waals surface area (Å²) in [5.41, 5.74) is 2.99. The number of aromatic nitrogens is 1. The van der Waals surface area contributed by atoms with Crippen LogP contribution in [0.4, 0.5) is 5.69 Å². The number of carbonyl (C=O) groups excluding carboxylic acids is 1. The van der Waals surface area contributed by atoms with E-state index >= 15 is 0 Å². The van der Waals surface area contributed by atoms with Gasteiger partial charge in [0.05, 0.1) is 25.3 Å². The van der Waals surface area contributed by atoms with Crippen LogP contribution in [0.25, 0.3) is 0 Å². The van der Waals surface area contributed by atoms with Crippen molar-refractivity contribution in [1.29, 1.82) is 0 Å². The van der Waals surface area contributed by atoms with Gasteiger partial charge < -0.3 is 14.1 Å². The minimum atomic E-state index is -0.189. The predicted octanol–water partition coefficient (Wildman–Crippen LogP) is 2.96. The van der Waals surface area contributed by atoms with Crippen LogP contribution in [0, 0.1) is 13.8 Å². The minimum Gasteiger partial charge on any atom is -0.469 e. The molecule has 0 saturated carbocycles. The Morgan fingerprint density at radius 2 is 2.18 bits per heavy atom. The van der Waals surface area contributed by atoms with Crippen molar-refractivity contribution in [2.75, 3.05) is 18.6 Å². The molecule has 0 amide bonds. The maximum absolute atomic E-state index is 12.0. The zero-order valence-corrected chi connectivity index (χ0v) is 13.1. The fraction of sp³-hybridized carbons (Fsp3) is 0.412. The molecule has 1 aromatic carbocycles. The molecule has 0 aliphatic carbocycles. The molecule has 1 aromatic heterocycles. The Balaban J connectivity index is 1.89. The van der Waals surface area contributed by atoms with E-state index in [1.807, 2.05) is 38.1 Å². The number of benzene rings is 1. The van der Waals surface area contributed by atoms with Crippen molar-refractivity contribution in [3.8, 4) is 0 Å². The van der Waals surface area contributed by atoms with Crippen LogP contribution < -0.4 is 4.90 Å². The van der Waals surface area contributed by atoms with Crippen molar-refractivity contribution in [1.82, 2.24) is 4.98 Å². The first-order chi connectivity index (χ1) is 10.6. The van der Waals surface area contributed by atoms with Gasteiger partial charge in [0.15, 0.2) is 0 Å². The number of ether oxygens (including phenoxy) is 1. The predicted molar refractivity (Wildman–Crippen MR) is 82.8 cm³/mol. The summed E-state index contributed by atoms with van der Waals surface area (Å²) in [6.07, 6.45) is 0.738. The van der Waals surface area contributed by atoms with Gasteiger partial charge >= 0.3 is 5.97 Å². The van der Waals surface area contributed by atoms with E-state index < -0.39 is 0 Å². The van der Waals surface area contributed by atoms with Crippen molar-refractivity contribution in [3.63, 3.8) is 0 Å². The van der Waals surface area contributed by atoms with E-state index in [2.05, 4.69) is 9.88 Å². The summed E-state index contributed by atoms with van der Waals surface area (Å²) in [7, 11) is 1.44. The summed E-state index contributed by atoms with van der Waals surface area (Å²) in [4.78, 5) is 18.6. The van der Waals surface area contributed by atoms with Crippen molar-refractivity contribution in [3.05, 3.63) is 47.2 Å². The fourth-order valence-electron chi connectivity index (χ4n) is 2.95. The molecule has 0 bridgehead atoms. The van der Waals surface area contributed by atoms with Crippen LogP contribution in [-0.2, 0) is 16.1 Å². The van der Waals surface area contributed by atoms with Gasteiger partial charge in [-0.2, -0.15) is 0 Å². The Morgan fingerprint density at radius 1 is 1.41 bits per heavy atom. The molecule has 5 heteroatoms. The van der Waals surface area contributed by atoms with Crippen LogP contribution >= 0.6 is 0 Å². The maximum Gasteiger partial charge on any atom is 0.313 e. The first kappa shape index (κ1) is 14.6. The Hall–Kier alpha value is -2.30. The average Bonchev–Trinajstić information content (AvgIpc) is 2.85. The molecular formula is C17H20N2O3. The molecule has 0 fully saturated rings. The summed E-state index contributed by atoms with van der Waals surface area (Å²) >= 11 is 0. The van der Waals surface area contributed by atoms with Crippen LogP contribution in [0.2, 0.25) is 0 Å². The fourth-order valence-corrected chi connectivity index (χ4v) is 2.95. The van der Waals surface area contributed by atoms with E-state index in [1.165, 1.54) is 7.11 Å². The molecule has 0 radical (unpaired) electrons. The van der Waals surface area contributed by atoms with Crippen LogP contribution in [0.15, 0.2) is 28.7 Å². The lowest BCUT2D eigenvalue weighted by Gasteiger charge is -2.33. The molecule has 0 N–H and O–H groups in total. The number of hydrogen-bond acceptors (Lipinski definition) is 5. The van der Waals surface area contributed by atoms with E-state index in [-0.39, 0.29) is 11.9 Å².